The van der Waals surface area contributed by atoms with E-state index < -0.39 is 0 Å². The van der Waals surface area contributed by atoms with E-state index in [4.69, 9.17) is 10.5 Å². The van der Waals surface area contributed by atoms with Crippen LogP contribution in [0.4, 0.5) is 11.8 Å². The van der Waals surface area contributed by atoms with E-state index in [1.165, 1.54) is 6.42 Å². The van der Waals surface area contributed by atoms with E-state index >= 15 is 0 Å². The SMILES string of the molecule is COc1cc(N2CCCCCC2CO)nc(N)n1. The maximum absolute atomic E-state index is 9.50. The smallest absolute Gasteiger partial charge is 0.225 e. The monoisotopic (exact) mass is 252 g/mol. The van der Waals surface area contributed by atoms with Crippen LogP contribution in [0.15, 0.2) is 6.07 Å². The number of nitrogen functional groups attached to an aromatic ring is 1. The second-order valence-corrected chi connectivity index (χ2v) is 4.51. The van der Waals surface area contributed by atoms with E-state index in [1.807, 2.05) is 0 Å². The average molecular weight is 252 g/mol. The summed E-state index contributed by atoms with van der Waals surface area (Å²) in [5, 5.41) is 9.50. The Balaban J connectivity index is 2.29. The van der Waals surface area contributed by atoms with Gasteiger partial charge in [0.15, 0.2) is 0 Å². The molecule has 0 aliphatic carbocycles. The van der Waals surface area contributed by atoms with Gasteiger partial charge in [-0.3, -0.25) is 0 Å². The van der Waals surface area contributed by atoms with Crippen LogP contribution in [0.3, 0.4) is 0 Å². The van der Waals surface area contributed by atoms with Crippen molar-refractivity contribution in [1.82, 2.24) is 9.97 Å². The predicted octanol–water partition coefficient (Wildman–Crippen LogP) is 0.809. The van der Waals surface area contributed by atoms with Gasteiger partial charge in [0, 0.05) is 12.6 Å². The van der Waals surface area contributed by atoms with Gasteiger partial charge in [0.1, 0.15) is 5.82 Å². The number of hydrogen-bond acceptors (Lipinski definition) is 6. The van der Waals surface area contributed by atoms with Gasteiger partial charge in [0.05, 0.1) is 19.8 Å². The van der Waals surface area contributed by atoms with Gasteiger partial charge in [-0.2, -0.15) is 9.97 Å². The first-order chi connectivity index (χ1) is 8.74. The van der Waals surface area contributed by atoms with Gasteiger partial charge in [-0.05, 0) is 12.8 Å². The molecule has 2 rings (SSSR count). The first-order valence-electron chi connectivity index (χ1n) is 6.30. The molecule has 1 aliphatic heterocycles. The van der Waals surface area contributed by atoms with E-state index in [0.29, 0.717) is 5.88 Å². The molecule has 1 atom stereocenters. The highest BCUT2D eigenvalue weighted by molar-refractivity contribution is 5.46. The minimum Gasteiger partial charge on any atom is -0.481 e. The average Bonchev–Trinajstić information content (AvgIpc) is 2.62. The number of nitrogens with zero attached hydrogens (tertiary/aromatic N) is 3. The van der Waals surface area contributed by atoms with Gasteiger partial charge in [-0.1, -0.05) is 12.8 Å². The summed E-state index contributed by atoms with van der Waals surface area (Å²) in [6.45, 7) is 1.01. The van der Waals surface area contributed by atoms with Crippen molar-refractivity contribution in [3.63, 3.8) is 0 Å². The van der Waals surface area contributed by atoms with Crippen molar-refractivity contribution in [3.05, 3.63) is 6.07 Å². The molecule has 1 fully saturated rings. The molecule has 1 aromatic rings. The molecule has 100 valence electrons. The van der Waals surface area contributed by atoms with Crippen LogP contribution in [-0.2, 0) is 0 Å². The third-order valence-electron chi connectivity index (χ3n) is 3.30. The Morgan fingerprint density at radius 3 is 3.00 bits per heavy atom. The molecule has 0 amide bonds. The number of rotatable bonds is 3. The molecule has 3 N–H and O–H groups in total. The summed E-state index contributed by atoms with van der Waals surface area (Å²) in [6, 6.07) is 1.87. The zero-order valence-electron chi connectivity index (χ0n) is 10.7. The minimum absolute atomic E-state index is 0.103. The first-order valence-corrected chi connectivity index (χ1v) is 6.30. The molecule has 0 saturated carbocycles. The summed E-state index contributed by atoms with van der Waals surface area (Å²) in [5.41, 5.74) is 5.68. The van der Waals surface area contributed by atoms with Gasteiger partial charge in [0.2, 0.25) is 11.8 Å². The number of ether oxygens (including phenoxy) is 1. The van der Waals surface area contributed by atoms with Crippen LogP contribution < -0.4 is 15.4 Å². The lowest BCUT2D eigenvalue weighted by Crippen LogP contribution is -2.38. The van der Waals surface area contributed by atoms with Crippen LogP contribution in [0.25, 0.3) is 0 Å². The molecular formula is C12H20N4O2. The minimum atomic E-state index is 0.103. The molecular weight excluding hydrogens is 232 g/mol. The zero-order chi connectivity index (χ0) is 13.0. The Bertz CT molecular complexity index is 400. The van der Waals surface area contributed by atoms with Crippen LogP contribution in [0.2, 0.25) is 0 Å². The van der Waals surface area contributed by atoms with Crippen LogP contribution in [0, 0.1) is 0 Å². The first kappa shape index (κ1) is 12.9. The molecule has 6 heteroatoms. The topological polar surface area (TPSA) is 84.5 Å². The molecule has 2 heterocycles. The molecule has 1 aromatic heterocycles. The third kappa shape index (κ3) is 2.81. The predicted molar refractivity (Wildman–Crippen MR) is 69.7 cm³/mol. The molecule has 1 saturated heterocycles. The number of aliphatic hydroxyl groups excluding tert-OH is 1. The maximum atomic E-state index is 9.50. The fourth-order valence-corrected chi connectivity index (χ4v) is 2.35. The van der Waals surface area contributed by atoms with Crippen molar-refractivity contribution in [1.29, 1.82) is 0 Å². The molecule has 6 nitrogen and oxygen atoms in total. The summed E-state index contributed by atoms with van der Waals surface area (Å²) in [5.74, 6) is 1.39. The van der Waals surface area contributed by atoms with E-state index in [0.717, 1.165) is 31.6 Å². The Hall–Kier alpha value is -1.56. The molecule has 1 aliphatic rings. The van der Waals surface area contributed by atoms with E-state index in [-0.39, 0.29) is 18.6 Å². The largest absolute Gasteiger partial charge is 0.481 e. The summed E-state index contributed by atoms with van der Waals surface area (Å²) >= 11 is 0. The highest BCUT2D eigenvalue weighted by Crippen LogP contribution is 2.25. The van der Waals surface area contributed by atoms with Gasteiger partial charge >= 0.3 is 0 Å². The molecule has 0 spiro atoms. The van der Waals surface area contributed by atoms with Crippen molar-refractivity contribution in [3.8, 4) is 5.88 Å². The van der Waals surface area contributed by atoms with Crippen LogP contribution >= 0.6 is 0 Å². The lowest BCUT2D eigenvalue weighted by Gasteiger charge is -2.29. The Morgan fingerprint density at radius 2 is 2.28 bits per heavy atom. The number of hydrogen-bond donors (Lipinski definition) is 2. The normalized spacial score (nSPS) is 20.6. The van der Waals surface area contributed by atoms with Crippen LogP contribution in [-0.4, -0.2) is 41.4 Å². The van der Waals surface area contributed by atoms with Crippen molar-refractivity contribution in [2.45, 2.75) is 31.7 Å². The van der Waals surface area contributed by atoms with E-state index in [9.17, 15) is 5.11 Å². The number of anilines is 2. The maximum Gasteiger partial charge on any atom is 0.225 e. The number of aliphatic hydroxyl groups is 1. The standard InChI is InChI=1S/C12H20N4O2/c1-18-11-7-10(14-12(13)15-11)16-6-4-2-3-5-9(16)8-17/h7,9,17H,2-6,8H2,1H3,(H2,13,14,15). The summed E-state index contributed by atoms with van der Waals surface area (Å²) in [7, 11) is 1.55. The van der Waals surface area contributed by atoms with Gasteiger partial charge in [0.25, 0.3) is 0 Å². The summed E-state index contributed by atoms with van der Waals surface area (Å²) in [4.78, 5) is 10.3. The second kappa shape index (κ2) is 5.86. The van der Waals surface area contributed by atoms with Crippen molar-refractivity contribution < 1.29 is 9.84 Å². The van der Waals surface area contributed by atoms with Gasteiger partial charge in [-0.25, -0.2) is 0 Å². The third-order valence-corrected chi connectivity index (χ3v) is 3.30. The van der Waals surface area contributed by atoms with E-state index in [2.05, 4.69) is 14.9 Å². The quantitative estimate of drug-likeness (QED) is 0.828. The molecule has 18 heavy (non-hydrogen) atoms. The Kier molecular flexibility index (Phi) is 4.19. The van der Waals surface area contributed by atoms with Gasteiger partial charge in [-0.15, -0.1) is 0 Å². The van der Waals surface area contributed by atoms with Crippen molar-refractivity contribution in [2.75, 3.05) is 30.9 Å². The summed E-state index contributed by atoms with van der Waals surface area (Å²) < 4.78 is 5.11. The second-order valence-electron chi connectivity index (χ2n) is 4.51. The van der Waals surface area contributed by atoms with Crippen molar-refractivity contribution in [2.24, 2.45) is 0 Å². The Morgan fingerprint density at radius 1 is 1.44 bits per heavy atom. The number of methoxy groups -OCH3 is 1. The van der Waals surface area contributed by atoms with Crippen LogP contribution in [0.1, 0.15) is 25.7 Å². The lowest BCUT2D eigenvalue weighted by molar-refractivity contribution is 0.254. The van der Waals surface area contributed by atoms with Crippen molar-refractivity contribution >= 4 is 11.8 Å². The summed E-state index contributed by atoms with van der Waals surface area (Å²) in [6.07, 6.45) is 4.40. The molecule has 0 radical (unpaired) electrons. The highest BCUT2D eigenvalue weighted by Gasteiger charge is 2.22. The van der Waals surface area contributed by atoms with E-state index in [1.54, 1.807) is 13.2 Å². The highest BCUT2D eigenvalue weighted by atomic mass is 16.5. The van der Waals surface area contributed by atoms with Gasteiger partial charge < -0.3 is 20.5 Å². The fourth-order valence-electron chi connectivity index (χ4n) is 2.35. The molecule has 0 bridgehead atoms. The zero-order valence-corrected chi connectivity index (χ0v) is 10.7. The Labute approximate surface area is 107 Å². The fraction of sp³-hybridized carbons (Fsp3) is 0.667. The number of nitrogens with two attached hydrogens (primary N) is 1. The lowest BCUT2D eigenvalue weighted by atomic mass is 10.1. The number of aromatic nitrogens is 2. The van der Waals surface area contributed by atoms with Crippen LogP contribution in [0.5, 0.6) is 5.88 Å². The molecule has 0 aromatic carbocycles. The molecule has 1 unspecified atom stereocenters.